The van der Waals surface area contributed by atoms with Crippen LogP contribution in [0.5, 0.6) is 5.75 Å². The Bertz CT molecular complexity index is 1660. The molecule has 5 nitrogen and oxygen atoms in total. The first kappa shape index (κ1) is 22.7. The zero-order valence-corrected chi connectivity index (χ0v) is 20.5. The van der Waals surface area contributed by atoms with Gasteiger partial charge in [-0.05, 0) is 41.1 Å². The topological polar surface area (TPSA) is 65.7 Å². The smallest absolute Gasteiger partial charge is 0.347 e. The molecule has 1 aliphatic heterocycles. The van der Waals surface area contributed by atoms with Crippen molar-refractivity contribution in [1.82, 2.24) is 0 Å². The Balaban J connectivity index is 1.75. The lowest BCUT2D eigenvalue weighted by Crippen LogP contribution is -2.39. The van der Waals surface area contributed by atoms with E-state index in [2.05, 4.69) is 0 Å². The number of hydrogen-bond acceptors (Lipinski definition) is 5. The number of benzene rings is 4. The number of halogens is 2. The molecule has 0 radical (unpaired) electrons. The Morgan fingerprint density at radius 3 is 2.08 bits per heavy atom. The predicted octanol–water partition coefficient (Wildman–Crippen LogP) is 7.19. The Hall–Kier alpha value is -3.80. The minimum atomic E-state index is -1.40. The van der Waals surface area contributed by atoms with Gasteiger partial charge >= 0.3 is 11.6 Å². The molecule has 0 saturated carbocycles. The summed E-state index contributed by atoms with van der Waals surface area (Å²) in [5.74, 6) is -0.254. The van der Waals surface area contributed by atoms with Crippen LogP contribution >= 0.6 is 23.2 Å². The Kier molecular flexibility index (Phi) is 5.29. The van der Waals surface area contributed by atoms with Crippen LogP contribution in [0.3, 0.4) is 0 Å². The van der Waals surface area contributed by atoms with Gasteiger partial charge in [0.05, 0.1) is 5.39 Å². The normalized spacial score (nSPS) is 16.0. The molecule has 178 valence electrons. The third-order valence-electron chi connectivity index (χ3n) is 6.51. The second-order valence-corrected chi connectivity index (χ2v) is 9.51. The van der Waals surface area contributed by atoms with Crippen molar-refractivity contribution in [2.45, 2.75) is 18.6 Å². The van der Waals surface area contributed by atoms with E-state index in [0.29, 0.717) is 37.9 Å². The fourth-order valence-corrected chi connectivity index (χ4v) is 5.24. The highest BCUT2D eigenvalue weighted by Gasteiger charge is 2.56. The van der Waals surface area contributed by atoms with Crippen LogP contribution in [-0.4, -0.2) is 5.97 Å². The number of hydrogen-bond donors (Lipinski definition) is 0. The summed E-state index contributed by atoms with van der Waals surface area (Å²) in [6.45, 7) is 1.30. The van der Waals surface area contributed by atoms with Crippen LogP contribution in [0, 0.1) is 0 Å². The molecule has 0 spiro atoms. The minimum absolute atomic E-state index is 0.138. The van der Waals surface area contributed by atoms with Crippen molar-refractivity contribution in [2.24, 2.45) is 0 Å². The van der Waals surface area contributed by atoms with Gasteiger partial charge in [0, 0.05) is 28.1 Å². The van der Waals surface area contributed by atoms with Crippen molar-refractivity contribution >= 4 is 50.9 Å². The monoisotopic (exact) mass is 516 g/mol. The molecule has 4 aromatic carbocycles. The van der Waals surface area contributed by atoms with Gasteiger partial charge < -0.3 is 13.9 Å². The molecule has 0 amide bonds. The number of rotatable bonds is 3. The second kappa shape index (κ2) is 8.40. The number of ether oxygens (including phenoxy) is 2. The van der Waals surface area contributed by atoms with Crippen LogP contribution in [-0.2, 0) is 15.1 Å². The molecule has 0 aliphatic carbocycles. The highest BCUT2D eigenvalue weighted by molar-refractivity contribution is 6.30. The van der Waals surface area contributed by atoms with E-state index < -0.39 is 23.3 Å². The van der Waals surface area contributed by atoms with E-state index in [9.17, 15) is 9.59 Å². The lowest BCUT2D eigenvalue weighted by Gasteiger charge is -2.34. The summed E-state index contributed by atoms with van der Waals surface area (Å²) in [6, 6.07) is 25.4. The maximum absolute atomic E-state index is 13.4. The summed E-state index contributed by atoms with van der Waals surface area (Å²) in [5, 5.41) is 3.48. The van der Waals surface area contributed by atoms with E-state index in [0.717, 1.165) is 10.8 Å². The number of carbonyl (C=O) groups is 1. The molecule has 1 unspecified atom stereocenters. The fourth-order valence-electron chi connectivity index (χ4n) is 4.99. The molecule has 36 heavy (non-hydrogen) atoms. The molecule has 6 rings (SSSR count). The van der Waals surface area contributed by atoms with Crippen LogP contribution in [0.1, 0.15) is 29.7 Å². The maximum atomic E-state index is 13.4. The first-order valence-electron chi connectivity index (χ1n) is 11.3. The van der Waals surface area contributed by atoms with E-state index in [-0.39, 0.29) is 5.56 Å². The van der Waals surface area contributed by atoms with Crippen molar-refractivity contribution < 1.29 is 18.7 Å². The Labute approximate surface area is 215 Å². The molecule has 1 aromatic heterocycles. The number of carbonyl (C=O) groups excluding carboxylic acids is 1. The van der Waals surface area contributed by atoms with Gasteiger partial charge in [-0.1, -0.05) is 77.8 Å². The fraction of sp³-hybridized carbons (Fsp3) is 0.103. The summed E-state index contributed by atoms with van der Waals surface area (Å²) in [7, 11) is 0. The van der Waals surface area contributed by atoms with Gasteiger partial charge in [0.25, 0.3) is 0 Å². The lowest BCUT2D eigenvalue weighted by molar-refractivity contribution is -0.154. The molecular formula is C29H18Cl2O5. The quantitative estimate of drug-likeness (QED) is 0.144. The molecule has 7 heteroatoms. The van der Waals surface area contributed by atoms with Crippen molar-refractivity contribution in [1.29, 1.82) is 0 Å². The van der Waals surface area contributed by atoms with E-state index in [1.807, 2.05) is 30.3 Å². The van der Waals surface area contributed by atoms with Crippen LogP contribution in [0.15, 0.2) is 94.1 Å². The van der Waals surface area contributed by atoms with Crippen LogP contribution in [0.4, 0.5) is 0 Å². The van der Waals surface area contributed by atoms with Crippen LogP contribution in [0.25, 0.3) is 21.7 Å². The van der Waals surface area contributed by atoms with Crippen LogP contribution in [0.2, 0.25) is 10.0 Å². The van der Waals surface area contributed by atoms with Crippen molar-refractivity contribution in [3.05, 3.63) is 122 Å². The van der Waals surface area contributed by atoms with E-state index >= 15 is 0 Å². The van der Waals surface area contributed by atoms with E-state index in [4.69, 9.17) is 37.1 Å². The highest BCUT2D eigenvalue weighted by atomic mass is 35.5. The molecule has 0 N–H and O–H groups in total. The summed E-state index contributed by atoms with van der Waals surface area (Å²) in [6.07, 6.45) is -1.13. The zero-order valence-electron chi connectivity index (χ0n) is 19.0. The molecule has 1 aliphatic rings. The van der Waals surface area contributed by atoms with E-state index in [1.54, 1.807) is 54.6 Å². The predicted molar refractivity (Wildman–Crippen MR) is 139 cm³/mol. The van der Waals surface area contributed by atoms with Gasteiger partial charge in [-0.2, -0.15) is 0 Å². The maximum Gasteiger partial charge on any atom is 0.347 e. The molecule has 1 atom stereocenters. The Morgan fingerprint density at radius 1 is 0.861 bits per heavy atom. The summed E-state index contributed by atoms with van der Waals surface area (Å²) in [5.41, 5.74) is -0.234. The SMILES string of the molecule is CC(=O)OC1c2c(c3c(ccc4ccccc43)oc2=O)OC1(c1ccc(Cl)cc1)c1ccc(Cl)cc1. The van der Waals surface area contributed by atoms with Gasteiger partial charge in [0.1, 0.15) is 16.9 Å². The van der Waals surface area contributed by atoms with Crippen molar-refractivity contribution in [2.75, 3.05) is 0 Å². The third kappa shape index (κ3) is 3.39. The number of esters is 1. The first-order valence-corrected chi connectivity index (χ1v) is 12.0. The van der Waals surface area contributed by atoms with Crippen LogP contribution < -0.4 is 10.4 Å². The first-order chi connectivity index (χ1) is 17.4. The van der Waals surface area contributed by atoms with E-state index in [1.165, 1.54) is 6.92 Å². The largest absolute Gasteiger partial charge is 0.472 e. The van der Waals surface area contributed by atoms with Crippen molar-refractivity contribution in [3.63, 3.8) is 0 Å². The standard InChI is InChI=1S/C29H18Cl2O5/c1-16(32)34-27-25-26(24-22-5-3-2-4-17(22)6-15-23(24)35-28(25)33)36-29(27,18-7-11-20(30)12-8-18)19-9-13-21(31)14-10-19/h2-15,27H,1H3. The highest BCUT2D eigenvalue weighted by Crippen LogP contribution is 2.56. The summed E-state index contributed by atoms with van der Waals surface area (Å²) >= 11 is 12.4. The van der Waals surface area contributed by atoms with Crippen molar-refractivity contribution in [3.8, 4) is 5.75 Å². The minimum Gasteiger partial charge on any atom is -0.472 e. The number of fused-ring (bicyclic) bond motifs is 5. The molecule has 5 aromatic rings. The third-order valence-corrected chi connectivity index (χ3v) is 7.01. The molecular weight excluding hydrogens is 499 g/mol. The van der Waals surface area contributed by atoms with Gasteiger partial charge in [0.15, 0.2) is 6.10 Å². The second-order valence-electron chi connectivity index (χ2n) is 8.63. The zero-order chi connectivity index (χ0) is 25.0. The molecule has 0 saturated heterocycles. The molecule has 2 heterocycles. The van der Waals surface area contributed by atoms with Gasteiger partial charge in [-0.25, -0.2) is 4.79 Å². The molecule has 0 fully saturated rings. The van der Waals surface area contributed by atoms with Gasteiger partial charge in [-0.3, -0.25) is 4.79 Å². The van der Waals surface area contributed by atoms with Gasteiger partial charge in [-0.15, -0.1) is 0 Å². The lowest BCUT2D eigenvalue weighted by atomic mass is 9.80. The van der Waals surface area contributed by atoms with Gasteiger partial charge in [0.2, 0.25) is 5.60 Å². The summed E-state index contributed by atoms with van der Waals surface area (Å²) < 4.78 is 18.5. The Morgan fingerprint density at radius 2 is 1.47 bits per heavy atom. The average Bonchev–Trinajstić information content (AvgIpc) is 3.20. The molecule has 0 bridgehead atoms. The summed E-state index contributed by atoms with van der Waals surface area (Å²) in [4.78, 5) is 25.8. The average molecular weight is 517 g/mol.